The summed E-state index contributed by atoms with van der Waals surface area (Å²) in [7, 11) is 0. The number of benzene rings is 1. The molecule has 0 fully saturated rings. The molecule has 0 aliphatic carbocycles. The number of aromatic nitrogens is 3. The summed E-state index contributed by atoms with van der Waals surface area (Å²) >= 11 is 5.95. The molecular weight excluding hydrogens is 431 g/mol. The van der Waals surface area contributed by atoms with E-state index in [2.05, 4.69) is 15.4 Å². The van der Waals surface area contributed by atoms with E-state index in [1.807, 2.05) is 6.07 Å². The van der Waals surface area contributed by atoms with Gasteiger partial charge in [-0.1, -0.05) is 23.7 Å². The van der Waals surface area contributed by atoms with Crippen LogP contribution in [0.2, 0.25) is 5.02 Å². The Morgan fingerprint density at radius 2 is 2.06 bits per heavy atom. The van der Waals surface area contributed by atoms with E-state index >= 15 is 0 Å². The Bertz CT molecular complexity index is 1120. The maximum Gasteiger partial charge on any atom is 0.435 e. The van der Waals surface area contributed by atoms with Crippen molar-refractivity contribution in [3.05, 3.63) is 76.3 Å². The summed E-state index contributed by atoms with van der Waals surface area (Å²) in [6.45, 7) is 1.49. The standard InChI is InChI=1S/C21H17ClF3N5O/c1-13(14-5-6-16(7-8-26)27-11-14)20(31)28-12-18-10-19(21(23,24)25)29-30(18)17-4-2-3-15(22)9-17/h2-6,9-11,13H,7,12H2,1H3,(H,28,31). The molecule has 1 amide bonds. The normalized spacial score (nSPS) is 12.3. The molecule has 0 aliphatic rings. The van der Waals surface area contributed by atoms with Crippen molar-refractivity contribution in [3.8, 4) is 11.8 Å². The molecule has 0 saturated carbocycles. The Kier molecular flexibility index (Phi) is 6.61. The van der Waals surface area contributed by atoms with Gasteiger partial charge in [0.1, 0.15) is 0 Å². The van der Waals surface area contributed by atoms with Crippen LogP contribution in [0.25, 0.3) is 5.69 Å². The lowest BCUT2D eigenvalue weighted by Crippen LogP contribution is -2.28. The molecule has 2 aromatic heterocycles. The van der Waals surface area contributed by atoms with E-state index in [4.69, 9.17) is 16.9 Å². The minimum absolute atomic E-state index is 0.151. The van der Waals surface area contributed by atoms with Crippen molar-refractivity contribution in [2.24, 2.45) is 0 Å². The smallest absolute Gasteiger partial charge is 0.350 e. The Hall–Kier alpha value is -3.38. The highest BCUT2D eigenvalue weighted by Crippen LogP contribution is 2.30. The zero-order chi connectivity index (χ0) is 22.6. The van der Waals surface area contributed by atoms with E-state index in [9.17, 15) is 18.0 Å². The van der Waals surface area contributed by atoms with Crippen LogP contribution in [0, 0.1) is 11.3 Å². The lowest BCUT2D eigenvalue weighted by molar-refractivity contribution is -0.141. The van der Waals surface area contributed by atoms with Crippen molar-refractivity contribution >= 4 is 17.5 Å². The maximum atomic E-state index is 13.2. The van der Waals surface area contributed by atoms with Crippen molar-refractivity contribution in [3.63, 3.8) is 0 Å². The molecule has 3 rings (SSSR count). The molecule has 3 aromatic rings. The van der Waals surface area contributed by atoms with Crippen molar-refractivity contribution in [1.82, 2.24) is 20.1 Å². The Morgan fingerprint density at radius 1 is 1.29 bits per heavy atom. The van der Waals surface area contributed by atoms with Gasteiger partial charge in [-0.05, 0) is 42.8 Å². The number of nitrogens with one attached hydrogen (secondary N) is 1. The molecule has 0 spiro atoms. The van der Waals surface area contributed by atoms with Crippen LogP contribution in [0.4, 0.5) is 13.2 Å². The van der Waals surface area contributed by atoms with Crippen molar-refractivity contribution in [2.45, 2.75) is 32.0 Å². The minimum atomic E-state index is -4.63. The van der Waals surface area contributed by atoms with Crippen LogP contribution >= 0.6 is 11.6 Å². The molecule has 1 N–H and O–H groups in total. The Balaban J connectivity index is 1.79. The zero-order valence-electron chi connectivity index (χ0n) is 16.3. The molecule has 10 heteroatoms. The van der Waals surface area contributed by atoms with Gasteiger partial charge in [0.05, 0.1) is 42.0 Å². The summed E-state index contributed by atoms with van der Waals surface area (Å²) in [4.78, 5) is 16.7. The summed E-state index contributed by atoms with van der Waals surface area (Å²) in [5.41, 5.74) is 0.639. The average Bonchev–Trinajstić information content (AvgIpc) is 3.17. The summed E-state index contributed by atoms with van der Waals surface area (Å²) < 4.78 is 40.7. The highest BCUT2D eigenvalue weighted by atomic mass is 35.5. The van der Waals surface area contributed by atoms with Gasteiger partial charge in [-0.2, -0.15) is 23.5 Å². The molecular formula is C21H17ClF3N5O. The zero-order valence-corrected chi connectivity index (χ0v) is 17.1. The number of nitrogens with zero attached hydrogens (tertiary/aromatic N) is 4. The van der Waals surface area contributed by atoms with Gasteiger partial charge < -0.3 is 5.32 Å². The van der Waals surface area contributed by atoms with E-state index in [-0.39, 0.29) is 24.6 Å². The second kappa shape index (κ2) is 9.18. The lowest BCUT2D eigenvalue weighted by atomic mass is 10.0. The SMILES string of the molecule is CC(C(=O)NCc1cc(C(F)(F)F)nn1-c1cccc(Cl)c1)c1ccc(CC#N)nc1. The van der Waals surface area contributed by atoms with E-state index in [0.717, 1.165) is 10.7 Å². The first-order valence-corrected chi connectivity index (χ1v) is 9.58. The highest BCUT2D eigenvalue weighted by molar-refractivity contribution is 6.30. The van der Waals surface area contributed by atoms with Crippen LogP contribution in [0.5, 0.6) is 0 Å². The predicted octanol–water partition coefficient (Wildman–Crippen LogP) is 4.43. The number of halogens is 4. The van der Waals surface area contributed by atoms with E-state index in [0.29, 0.717) is 22.0 Å². The minimum Gasteiger partial charge on any atom is -0.350 e. The quantitative estimate of drug-likeness (QED) is 0.606. The van der Waals surface area contributed by atoms with E-state index in [1.54, 1.807) is 37.3 Å². The van der Waals surface area contributed by atoms with E-state index in [1.165, 1.54) is 12.3 Å². The molecule has 1 aromatic carbocycles. The molecule has 0 aliphatic heterocycles. The number of hydrogen-bond donors (Lipinski definition) is 1. The van der Waals surface area contributed by atoms with Crippen LogP contribution in [-0.4, -0.2) is 20.7 Å². The fourth-order valence-electron chi connectivity index (χ4n) is 2.88. The topological polar surface area (TPSA) is 83.6 Å². The summed E-state index contributed by atoms with van der Waals surface area (Å²) in [5, 5.41) is 15.3. The highest BCUT2D eigenvalue weighted by Gasteiger charge is 2.35. The lowest BCUT2D eigenvalue weighted by Gasteiger charge is -2.13. The molecule has 31 heavy (non-hydrogen) atoms. The van der Waals surface area contributed by atoms with Crippen molar-refractivity contribution < 1.29 is 18.0 Å². The first kappa shape index (κ1) is 22.3. The van der Waals surface area contributed by atoms with Gasteiger partial charge in [-0.15, -0.1) is 0 Å². The summed E-state index contributed by atoms with van der Waals surface area (Å²) in [5.74, 6) is -0.976. The molecule has 0 saturated heterocycles. The van der Waals surface area contributed by atoms with Crippen LogP contribution < -0.4 is 5.32 Å². The van der Waals surface area contributed by atoms with Gasteiger partial charge in [0.25, 0.3) is 0 Å². The fraction of sp³-hybridized carbons (Fsp3) is 0.238. The van der Waals surface area contributed by atoms with Crippen molar-refractivity contribution in [2.75, 3.05) is 0 Å². The number of pyridine rings is 1. The van der Waals surface area contributed by atoms with Crippen molar-refractivity contribution in [1.29, 1.82) is 5.26 Å². The first-order valence-electron chi connectivity index (χ1n) is 9.20. The second-order valence-corrected chi connectivity index (χ2v) is 7.20. The van der Waals surface area contributed by atoms with Gasteiger partial charge in [0.15, 0.2) is 5.69 Å². The fourth-order valence-corrected chi connectivity index (χ4v) is 3.06. The van der Waals surface area contributed by atoms with Gasteiger partial charge >= 0.3 is 6.18 Å². The number of alkyl halides is 3. The molecule has 1 unspecified atom stereocenters. The van der Waals surface area contributed by atoms with E-state index < -0.39 is 17.8 Å². The number of nitriles is 1. The first-order chi connectivity index (χ1) is 14.7. The summed E-state index contributed by atoms with van der Waals surface area (Å²) in [6, 6.07) is 12.5. The third-order valence-corrected chi connectivity index (χ3v) is 4.81. The second-order valence-electron chi connectivity index (χ2n) is 6.77. The molecule has 2 heterocycles. The molecule has 1 atom stereocenters. The molecule has 0 bridgehead atoms. The Labute approximate surface area is 181 Å². The number of hydrogen-bond acceptors (Lipinski definition) is 4. The Morgan fingerprint density at radius 3 is 2.68 bits per heavy atom. The van der Waals surface area contributed by atoms with Crippen LogP contribution in [0.1, 0.15) is 35.5 Å². The monoisotopic (exact) mass is 447 g/mol. The van der Waals surface area contributed by atoms with Gasteiger partial charge in [0.2, 0.25) is 5.91 Å². The number of carbonyl (C=O) groups excluding carboxylic acids is 1. The number of amides is 1. The molecule has 160 valence electrons. The van der Waals surface area contributed by atoms with Crippen LogP contribution in [-0.2, 0) is 23.9 Å². The molecule has 6 nitrogen and oxygen atoms in total. The maximum absolute atomic E-state index is 13.2. The number of carbonyl (C=O) groups is 1. The predicted molar refractivity (Wildman–Crippen MR) is 107 cm³/mol. The summed E-state index contributed by atoms with van der Waals surface area (Å²) in [6.07, 6.45) is -2.96. The van der Waals surface area contributed by atoms with Gasteiger partial charge in [0, 0.05) is 11.2 Å². The van der Waals surface area contributed by atoms with Gasteiger partial charge in [-0.25, -0.2) is 4.68 Å². The largest absolute Gasteiger partial charge is 0.435 e. The van der Waals surface area contributed by atoms with Crippen LogP contribution in [0.15, 0.2) is 48.7 Å². The third-order valence-electron chi connectivity index (χ3n) is 4.57. The van der Waals surface area contributed by atoms with Crippen LogP contribution in [0.3, 0.4) is 0 Å². The van der Waals surface area contributed by atoms with Gasteiger partial charge in [-0.3, -0.25) is 9.78 Å². The molecule has 0 radical (unpaired) electrons. The number of rotatable bonds is 6. The third kappa shape index (κ3) is 5.41. The average molecular weight is 448 g/mol.